The Hall–Kier alpha value is -2.16. The molecule has 1 N–H and O–H groups in total. The van der Waals surface area contributed by atoms with E-state index in [-0.39, 0.29) is 0 Å². The molecule has 9 heteroatoms. The summed E-state index contributed by atoms with van der Waals surface area (Å²) in [6.07, 6.45) is 3.22. The molecule has 0 radical (unpaired) electrons. The van der Waals surface area contributed by atoms with Crippen molar-refractivity contribution in [3.63, 3.8) is 0 Å². The van der Waals surface area contributed by atoms with E-state index in [0.29, 0.717) is 17.5 Å². The number of nitrogens with zero attached hydrogens (tertiary/aromatic N) is 6. The quantitative estimate of drug-likeness (QED) is 0.756. The van der Waals surface area contributed by atoms with Crippen molar-refractivity contribution in [2.45, 2.75) is 19.8 Å². The molecule has 92 valence electrons. The molecule has 0 saturated heterocycles. The van der Waals surface area contributed by atoms with Crippen LogP contribution in [0.25, 0.3) is 22.4 Å². The zero-order valence-electron chi connectivity index (χ0n) is 9.49. The summed E-state index contributed by atoms with van der Waals surface area (Å²) in [7, 11) is 0. The first kappa shape index (κ1) is 11.0. The second-order valence-electron chi connectivity index (χ2n) is 3.56. The van der Waals surface area contributed by atoms with Gasteiger partial charge in [0.1, 0.15) is 11.2 Å². The topological polar surface area (TPSA) is 106 Å². The van der Waals surface area contributed by atoms with Gasteiger partial charge in [-0.05, 0) is 18.0 Å². The largest absolute Gasteiger partial charge is 0.332 e. The Bertz CT molecular complexity index is 629. The van der Waals surface area contributed by atoms with Crippen LogP contribution in [0.5, 0.6) is 0 Å². The molecule has 0 unspecified atom stereocenters. The minimum Gasteiger partial charge on any atom is -0.332 e. The van der Waals surface area contributed by atoms with Gasteiger partial charge in [0.25, 0.3) is 5.89 Å². The lowest BCUT2D eigenvalue weighted by molar-refractivity contribution is 0.432. The third-order valence-corrected chi connectivity index (χ3v) is 3.05. The monoisotopic (exact) mass is 263 g/mol. The average molecular weight is 263 g/mol. The summed E-state index contributed by atoms with van der Waals surface area (Å²) in [5.41, 5.74) is 0.885. The third kappa shape index (κ3) is 1.88. The lowest BCUT2D eigenvalue weighted by Gasteiger charge is -1.91. The van der Waals surface area contributed by atoms with Crippen LogP contribution in [0, 0.1) is 0 Å². The summed E-state index contributed by atoms with van der Waals surface area (Å²) in [5, 5.41) is 14.3. The molecular formula is C9H9N7OS. The highest BCUT2D eigenvalue weighted by Gasteiger charge is 2.18. The fourth-order valence-corrected chi connectivity index (χ4v) is 2.13. The fourth-order valence-electron chi connectivity index (χ4n) is 1.50. The first-order valence-electron chi connectivity index (χ1n) is 5.39. The van der Waals surface area contributed by atoms with E-state index >= 15 is 0 Å². The molecule has 0 spiro atoms. The van der Waals surface area contributed by atoms with Gasteiger partial charge in [-0.2, -0.15) is 10.1 Å². The summed E-state index contributed by atoms with van der Waals surface area (Å²) in [6.45, 7) is 2.08. The highest BCUT2D eigenvalue weighted by atomic mass is 32.1. The summed E-state index contributed by atoms with van der Waals surface area (Å²) in [6, 6.07) is 0. The Balaban J connectivity index is 1.95. The van der Waals surface area contributed by atoms with Crippen LogP contribution in [0.4, 0.5) is 0 Å². The molecule has 0 aromatic carbocycles. The first-order chi connectivity index (χ1) is 8.88. The Morgan fingerprint density at radius 3 is 3.17 bits per heavy atom. The van der Waals surface area contributed by atoms with Gasteiger partial charge in [-0.3, -0.25) is 5.10 Å². The first-order valence-corrected chi connectivity index (χ1v) is 6.17. The summed E-state index contributed by atoms with van der Waals surface area (Å²) < 4.78 is 9.12. The minimum atomic E-state index is 0.373. The maximum atomic E-state index is 5.20. The molecule has 3 aromatic rings. The van der Waals surface area contributed by atoms with Crippen LogP contribution in [0.3, 0.4) is 0 Å². The molecule has 0 aliphatic rings. The van der Waals surface area contributed by atoms with Crippen molar-refractivity contribution in [1.82, 2.24) is 34.9 Å². The maximum absolute atomic E-state index is 5.20. The lowest BCUT2D eigenvalue weighted by Crippen LogP contribution is -1.87. The molecule has 8 nitrogen and oxygen atoms in total. The standard InChI is InChI=1S/C9H9N7OS/c1-2-3-5-6(18-16-13-5)9-12-8(15-17-9)7-10-4-11-14-7/h4H,2-3H2,1H3,(H,10,11,14). The highest BCUT2D eigenvalue weighted by molar-refractivity contribution is 7.09. The van der Waals surface area contributed by atoms with Gasteiger partial charge in [0.15, 0.2) is 5.82 Å². The highest BCUT2D eigenvalue weighted by Crippen LogP contribution is 2.26. The molecule has 18 heavy (non-hydrogen) atoms. The van der Waals surface area contributed by atoms with Gasteiger partial charge in [0.2, 0.25) is 5.82 Å². The SMILES string of the molecule is CCCc1nnsc1-c1nc(-c2ncn[nH]2)no1. The summed E-state index contributed by atoms with van der Waals surface area (Å²) in [4.78, 5) is 9.03. The maximum Gasteiger partial charge on any atom is 0.272 e. The Labute approximate surface area is 106 Å². The number of aromatic nitrogens is 7. The Kier molecular flexibility index (Phi) is 2.81. The number of rotatable bonds is 4. The van der Waals surface area contributed by atoms with E-state index in [1.165, 1.54) is 17.9 Å². The number of H-pyrrole nitrogens is 1. The minimum absolute atomic E-state index is 0.373. The van der Waals surface area contributed by atoms with Gasteiger partial charge in [-0.1, -0.05) is 23.0 Å². The van der Waals surface area contributed by atoms with Crippen molar-refractivity contribution in [3.8, 4) is 22.4 Å². The number of aryl methyl sites for hydroxylation is 1. The number of hydrogen-bond acceptors (Lipinski definition) is 8. The van der Waals surface area contributed by atoms with Crippen LogP contribution in [0.2, 0.25) is 0 Å². The second kappa shape index (κ2) is 4.61. The van der Waals surface area contributed by atoms with E-state index in [0.717, 1.165) is 23.4 Å². The Morgan fingerprint density at radius 2 is 2.39 bits per heavy atom. The zero-order chi connectivity index (χ0) is 12.4. The van der Waals surface area contributed by atoms with Crippen molar-refractivity contribution in [2.24, 2.45) is 0 Å². The van der Waals surface area contributed by atoms with Gasteiger partial charge in [-0.15, -0.1) is 5.10 Å². The molecule has 0 bridgehead atoms. The van der Waals surface area contributed by atoms with Crippen LogP contribution >= 0.6 is 11.5 Å². The molecule has 0 aliphatic carbocycles. The van der Waals surface area contributed by atoms with E-state index in [9.17, 15) is 0 Å². The number of aromatic amines is 1. The smallest absolute Gasteiger partial charge is 0.272 e. The molecule has 3 rings (SSSR count). The molecule has 0 atom stereocenters. The second-order valence-corrected chi connectivity index (χ2v) is 4.31. The van der Waals surface area contributed by atoms with E-state index in [1.807, 2.05) is 0 Å². The number of hydrogen-bond donors (Lipinski definition) is 1. The van der Waals surface area contributed by atoms with Crippen molar-refractivity contribution in [3.05, 3.63) is 12.0 Å². The molecular weight excluding hydrogens is 254 g/mol. The van der Waals surface area contributed by atoms with E-state index < -0.39 is 0 Å². The zero-order valence-corrected chi connectivity index (χ0v) is 10.3. The van der Waals surface area contributed by atoms with Crippen LogP contribution in [-0.4, -0.2) is 34.9 Å². The summed E-state index contributed by atoms with van der Waals surface area (Å²) in [5.74, 6) is 1.26. The molecule has 0 aliphatic heterocycles. The molecule has 0 amide bonds. The van der Waals surface area contributed by atoms with Gasteiger partial charge < -0.3 is 4.52 Å². The van der Waals surface area contributed by atoms with Crippen molar-refractivity contribution < 1.29 is 4.52 Å². The van der Waals surface area contributed by atoms with Gasteiger partial charge in [-0.25, -0.2) is 4.98 Å². The Morgan fingerprint density at radius 1 is 1.44 bits per heavy atom. The van der Waals surface area contributed by atoms with Crippen molar-refractivity contribution >= 4 is 11.5 Å². The molecule has 0 fully saturated rings. The predicted molar refractivity (Wildman–Crippen MR) is 62.6 cm³/mol. The van der Waals surface area contributed by atoms with Gasteiger partial charge in [0, 0.05) is 0 Å². The molecule has 0 saturated carbocycles. The predicted octanol–water partition coefficient (Wildman–Crippen LogP) is 1.33. The number of nitrogens with one attached hydrogen (secondary N) is 1. The third-order valence-electron chi connectivity index (χ3n) is 2.29. The normalized spacial score (nSPS) is 10.9. The van der Waals surface area contributed by atoms with Crippen molar-refractivity contribution in [1.29, 1.82) is 0 Å². The van der Waals surface area contributed by atoms with Crippen LogP contribution in [0.1, 0.15) is 19.0 Å². The summed E-state index contributed by atoms with van der Waals surface area (Å²) >= 11 is 1.25. The van der Waals surface area contributed by atoms with Crippen LogP contribution in [0.15, 0.2) is 10.9 Å². The molecule has 3 heterocycles. The lowest BCUT2D eigenvalue weighted by atomic mass is 10.2. The van der Waals surface area contributed by atoms with Crippen molar-refractivity contribution in [2.75, 3.05) is 0 Å². The average Bonchev–Trinajstić information content (AvgIpc) is 3.10. The fraction of sp³-hybridized carbons (Fsp3) is 0.333. The van der Waals surface area contributed by atoms with Gasteiger partial charge >= 0.3 is 0 Å². The van der Waals surface area contributed by atoms with E-state index in [2.05, 4.69) is 41.8 Å². The molecule has 3 aromatic heterocycles. The van der Waals surface area contributed by atoms with Crippen LogP contribution in [-0.2, 0) is 6.42 Å². The van der Waals surface area contributed by atoms with Crippen LogP contribution < -0.4 is 0 Å². The van der Waals surface area contributed by atoms with Gasteiger partial charge in [0.05, 0.1) is 5.69 Å². The van der Waals surface area contributed by atoms with E-state index in [4.69, 9.17) is 4.52 Å². The van der Waals surface area contributed by atoms with E-state index in [1.54, 1.807) is 0 Å².